The molecule has 0 aromatic heterocycles. The van der Waals surface area contributed by atoms with Crippen LogP contribution in [0.2, 0.25) is 0 Å². The number of nitrogens with one attached hydrogen (secondary N) is 1. The molecule has 26 heavy (non-hydrogen) atoms. The van der Waals surface area contributed by atoms with Crippen molar-refractivity contribution < 1.29 is 21.9 Å². The lowest BCUT2D eigenvalue weighted by atomic mass is 9.83. The summed E-state index contributed by atoms with van der Waals surface area (Å²) in [6.07, 6.45) is 0. The predicted octanol–water partition coefficient (Wildman–Crippen LogP) is 3.40. The first kappa shape index (κ1) is 17.9. The summed E-state index contributed by atoms with van der Waals surface area (Å²) in [6.45, 7) is 3.29. The Balaban J connectivity index is 2.32. The minimum absolute atomic E-state index is 0.00650. The zero-order chi connectivity index (χ0) is 19.1. The van der Waals surface area contributed by atoms with Gasteiger partial charge in [0.05, 0.1) is 22.9 Å². The molecule has 1 aliphatic heterocycles. The molecular formula is C18H14F2N2O3S. The maximum Gasteiger partial charge on any atom is 0.222 e. The molecule has 0 radical (unpaired) electrons. The van der Waals surface area contributed by atoms with Crippen LogP contribution in [0.1, 0.15) is 25.0 Å². The van der Waals surface area contributed by atoms with Crippen molar-refractivity contribution in [1.82, 2.24) is 0 Å². The van der Waals surface area contributed by atoms with Crippen LogP contribution in [0.4, 0.5) is 14.5 Å². The molecule has 8 heteroatoms. The van der Waals surface area contributed by atoms with Gasteiger partial charge in [0.15, 0.2) is 0 Å². The van der Waals surface area contributed by atoms with Crippen LogP contribution in [0.5, 0.6) is 5.75 Å². The van der Waals surface area contributed by atoms with Crippen LogP contribution < -0.4 is 9.46 Å². The summed E-state index contributed by atoms with van der Waals surface area (Å²) in [5.74, 6) is -1.13. The number of thiol groups is 1. The molecule has 0 fully saturated rings. The third-order valence-corrected chi connectivity index (χ3v) is 4.43. The molecule has 0 unspecified atom stereocenters. The Bertz CT molecular complexity index is 1030. The number of halogens is 2. The quantitative estimate of drug-likeness (QED) is 0.805. The molecule has 0 aliphatic carbocycles. The van der Waals surface area contributed by atoms with E-state index in [1.165, 1.54) is 30.3 Å². The number of ether oxygens (including phenoxy) is 1. The SMILES string of the molecule is CC1(C)Oc2cc(N[SH](=O)=O)cc(F)c2C(c2ccc(F)cc2)=C1C#N. The van der Waals surface area contributed by atoms with Crippen molar-refractivity contribution in [3.63, 3.8) is 0 Å². The zero-order valence-corrected chi connectivity index (χ0v) is 14.7. The molecule has 5 nitrogen and oxygen atoms in total. The summed E-state index contributed by atoms with van der Waals surface area (Å²) in [6, 6.07) is 9.75. The largest absolute Gasteiger partial charge is 0.482 e. The molecule has 1 aliphatic rings. The van der Waals surface area contributed by atoms with E-state index in [9.17, 15) is 22.5 Å². The Hall–Kier alpha value is -2.92. The van der Waals surface area contributed by atoms with Crippen LogP contribution in [0.3, 0.4) is 0 Å². The van der Waals surface area contributed by atoms with Crippen molar-refractivity contribution >= 4 is 22.2 Å². The van der Waals surface area contributed by atoms with Crippen molar-refractivity contribution in [2.75, 3.05) is 4.72 Å². The summed E-state index contributed by atoms with van der Waals surface area (Å²) < 4.78 is 57.7. The van der Waals surface area contributed by atoms with Crippen LogP contribution in [-0.4, -0.2) is 14.0 Å². The maximum absolute atomic E-state index is 14.8. The van der Waals surface area contributed by atoms with Crippen LogP contribution in [0, 0.1) is 23.0 Å². The number of benzene rings is 2. The first-order valence-corrected chi connectivity index (χ1v) is 8.75. The normalized spacial score (nSPS) is 15.2. The van der Waals surface area contributed by atoms with E-state index >= 15 is 0 Å². The van der Waals surface area contributed by atoms with E-state index < -0.39 is 28.1 Å². The molecule has 0 spiro atoms. The van der Waals surface area contributed by atoms with E-state index in [-0.39, 0.29) is 28.1 Å². The molecule has 2 aromatic carbocycles. The Morgan fingerprint density at radius 3 is 2.38 bits per heavy atom. The van der Waals surface area contributed by atoms with Gasteiger partial charge in [-0.25, -0.2) is 17.2 Å². The number of nitrogens with zero attached hydrogens (tertiary/aromatic N) is 1. The lowest BCUT2D eigenvalue weighted by Gasteiger charge is -2.34. The standard InChI is InChI=1S/C18H14F2N2O3S/c1-18(2)13(9-21)16(10-3-5-11(19)6-4-10)17-14(20)7-12(22-26(23)24)8-15(17)25-18/h3-8,26H,1-2H3,(H,22,23,24). The van der Waals surface area contributed by atoms with Gasteiger partial charge < -0.3 is 4.74 Å². The van der Waals surface area contributed by atoms with Crippen LogP contribution in [0.25, 0.3) is 5.57 Å². The first-order valence-electron chi connectivity index (χ1n) is 7.57. The Kier molecular flexibility index (Phi) is 4.42. The van der Waals surface area contributed by atoms with Gasteiger partial charge in [0.2, 0.25) is 10.9 Å². The number of rotatable bonds is 3. The predicted molar refractivity (Wildman–Crippen MR) is 93.1 cm³/mol. The summed E-state index contributed by atoms with van der Waals surface area (Å²) in [5.41, 5.74) is -0.127. The van der Waals surface area contributed by atoms with Crippen LogP contribution in [0.15, 0.2) is 42.0 Å². The van der Waals surface area contributed by atoms with Crippen molar-refractivity contribution in [3.8, 4) is 11.8 Å². The smallest absolute Gasteiger partial charge is 0.222 e. The monoisotopic (exact) mass is 376 g/mol. The Morgan fingerprint density at radius 1 is 1.15 bits per heavy atom. The molecule has 0 bridgehead atoms. The van der Waals surface area contributed by atoms with Gasteiger partial charge in [-0.3, -0.25) is 4.72 Å². The number of nitriles is 1. The molecule has 134 valence electrons. The van der Waals surface area contributed by atoms with Crippen LogP contribution >= 0.6 is 0 Å². The fourth-order valence-electron chi connectivity index (χ4n) is 2.92. The minimum Gasteiger partial charge on any atom is -0.482 e. The zero-order valence-electron chi connectivity index (χ0n) is 13.8. The summed E-state index contributed by atoms with van der Waals surface area (Å²) in [5, 5.41) is 9.63. The van der Waals surface area contributed by atoms with Gasteiger partial charge in [-0.15, -0.1) is 0 Å². The summed E-state index contributed by atoms with van der Waals surface area (Å²) >= 11 is 0. The molecule has 0 amide bonds. The first-order chi connectivity index (χ1) is 12.2. The van der Waals surface area contributed by atoms with Gasteiger partial charge in [0, 0.05) is 11.6 Å². The second kappa shape index (κ2) is 6.42. The third-order valence-electron chi connectivity index (χ3n) is 3.99. The maximum atomic E-state index is 14.8. The van der Waals surface area contributed by atoms with Crippen molar-refractivity contribution in [3.05, 3.63) is 64.7 Å². The number of fused-ring (bicyclic) bond motifs is 1. The van der Waals surface area contributed by atoms with E-state index in [1.807, 2.05) is 0 Å². The highest BCUT2D eigenvalue weighted by Gasteiger charge is 2.37. The van der Waals surface area contributed by atoms with Crippen LogP contribution in [-0.2, 0) is 10.9 Å². The van der Waals surface area contributed by atoms with E-state index in [0.29, 0.717) is 5.56 Å². The molecule has 0 saturated carbocycles. The van der Waals surface area contributed by atoms with Crippen molar-refractivity contribution in [2.45, 2.75) is 19.4 Å². The molecule has 1 N–H and O–H groups in total. The van der Waals surface area contributed by atoms with Gasteiger partial charge in [-0.2, -0.15) is 5.26 Å². The highest BCUT2D eigenvalue weighted by molar-refractivity contribution is 7.73. The topological polar surface area (TPSA) is 79.2 Å². The molecule has 2 aromatic rings. The molecule has 0 saturated heterocycles. The van der Waals surface area contributed by atoms with E-state index in [0.717, 1.165) is 6.07 Å². The summed E-state index contributed by atoms with van der Waals surface area (Å²) in [7, 11) is -2.97. The molecule has 1 heterocycles. The van der Waals surface area contributed by atoms with Crippen molar-refractivity contribution in [1.29, 1.82) is 5.26 Å². The molecule has 0 atom stereocenters. The van der Waals surface area contributed by atoms with Crippen molar-refractivity contribution in [2.24, 2.45) is 0 Å². The fraction of sp³-hybridized carbons (Fsp3) is 0.167. The second-order valence-corrected chi connectivity index (χ2v) is 6.92. The highest BCUT2D eigenvalue weighted by atomic mass is 32.2. The number of anilines is 1. The lowest BCUT2D eigenvalue weighted by molar-refractivity contribution is 0.149. The Morgan fingerprint density at radius 2 is 1.81 bits per heavy atom. The van der Waals surface area contributed by atoms with Gasteiger partial charge >= 0.3 is 0 Å². The van der Waals surface area contributed by atoms with Gasteiger partial charge in [0.1, 0.15) is 23.0 Å². The fourth-order valence-corrected chi connectivity index (χ4v) is 3.26. The van der Waals surface area contributed by atoms with E-state index in [1.54, 1.807) is 13.8 Å². The molecular weight excluding hydrogens is 362 g/mol. The summed E-state index contributed by atoms with van der Waals surface area (Å²) in [4.78, 5) is 0. The van der Waals surface area contributed by atoms with E-state index in [4.69, 9.17) is 4.74 Å². The van der Waals surface area contributed by atoms with Gasteiger partial charge in [-0.05, 0) is 37.6 Å². The highest BCUT2D eigenvalue weighted by Crippen LogP contribution is 2.45. The average Bonchev–Trinajstić information content (AvgIpc) is 2.52. The third kappa shape index (κ3) is 3.13. The minimum atomic E-state index is -2.97. The average molecular weight is 376 g/mol. The number of hydrogen-bond acceptors (Lipinski definition) is 4. The van der Waals surface area contributed by atoms with Gasteiger partial charge in [0.25, 0.3) is 0 Å². The van der Waals surface area contributed by atoms with Gasteiger partial charge in [-0.1, -0.05) is 12.1 Å². The number of hydrogen-bond donors (Lipinski definition) is 2. The van der Waals surface area contributed by atoms with E-state index in [2.05, 4.69) is 10.8 Å². The second-order valence-electron chi connectivity index (χ2n) is 6.18. The Labute approximate surface area is 150 Å². The molecule has 3 rings (SSSR count). The lowest BCUT2D eigenvalue weighted by Crippen LogP contribution is -2.34.